The summed E-state index contributed by atoms with van der Waals surface area (Å²) >= 11 is 11.7. The second kappa shape index (κ2) is 5.83. The summed E-state index contributed by atoms with van der Waals surface area (Å²) in [5.41, 5.74) is 0.0739. The molecule has 0 aliphatic rings. The van der Waals surface area contributed by atoms with Crippen LogP contribution >= 0.6 is 23.2 Å². The van der Waals surface area contributed by atoms with E-state index < -0.39 is 15.9 Å². The zero-order valence-electron chi connectivity index (χ0n) is 10.0. The first-order valence-electron chi connectivity index (χ1n) is 5.48. The van der Waals surface area contributed by atoms with Gasteiger partial charge in [0, 0.05) is 0 Å². The monoisotopic (exact) mass is 329 g/mol. The number of nitrogens with one attached hydrogen (secondary N) is 1. The fourth-order valence-corrected chi connectivity index (χ4v) is 3.25. The summed E-state index contributed by atoms with van der Waals surface area (Å²) in [5, 5.41) is 0.200. The fourth-order valence-electron chi connectivity index (χ4n) is 1.54. The predicted octanol–water partition coefficient (Wildman–Crippen LogP) is 3.11. The molecule has 0 unspecified atom stereocenters. The van der Waals surface area contributed by atoms with Crippen LogP contribution in [0.15, 0.2) is 53.4 Å². The Hall–Kier alpha value is -1.56. The van der Waals surface area contributed by atoms with Gasteiger partial charge < -0.3 is 0 Å². The van der Waals surface area contributed by atoms with Gasteiger partial charge in [-0.15, -0.1) is 0 Å². The van der Waals surface area contributed by atoms with Crippen molar-refractivity contribution in [1.29, 1.82) is 0 Å². The lowest BCUT2D eigenvalue weighted by Gasteiger charge is -2.09. The maximum absolute atomic E-state index is 12.1. The minimum atomic E-state index is -4.05. The predicted molar refractivity (Wildman–Crippen MR) is 77.6 cm³/mol. The molecule has 0 heterocycles. The number of sulfonamides is 1. The van der Waals surface area contributed by atoms with E-state index in [1.54, 1.807) is 18.2 Å². The van der Waals surface area contributed by atoms with E-state index in [2.05, 4.69) is 0 Å². The van der Waals surface area contributed by atoms with Crippen molar-refractivity contribution >= 4 is 39.1 Å². The quantitative estimate of drug-likeness (QED) is 0.940. The van der Waals surface area contributed by atoms with Gasteiger partial charge in [-0.3, -0.25) is 4.79 Å². The van der Waals surface area contributed by atoms with Gasteiger partial charge in [-0.05, 0) is 24.3 Å². The lowest BCUT2D eigenvalue weighted by Crippen LogP contribution is -2.30. The van der Waals surface area contributed by atoms with E-state index in [9.17, 15) is 13.2 Å². The van der Waals surface area contributed by atoms with Crippen molar-refractivity contribution in [3.05, 3.63) is 64.1 Å². The molecular formula is C13H9Cl2NO3S. The topological polar surface area (TPSA) is 63.2 Å². The molecule has 0 saturated carbocycles. The molecule has 0 atom stereocenters. The SMILES string of the molecule is O=C(NS(=O)(=O)c1ccccc1Cl)c1ccccc1Cl. The molecule has 2 aromatic carbocycles. The van der Waals surface area contributed by atoms with Crippen LogP contribution in [0.2, 0.25) is 10.0 Å². The van der Waals surface area contributed by atoms with Crippen molar-refractivity contribution in [1.82, 2.24) is 4.72 Å². The van der Waals surface area contributed by atoms with Crippen molar-refractivity contribution < 1.29 is 13.2 Å². The van der Waals surface area contributed by atoms with Gasteiger partial charge in [0.2, 0.25) is 0 Å². The molecule has 1 amide bonds. The summed E-state index contributed by atoms with van der Waals surface area (Å²) in [6.45, 7) is 0. The Kier molecular flexibility index (Phi) is 4.32. The van der Waals surface area contributed by atoms with Crippen molar-refractivity contribution in [2.75, 3.05) is 0 Å². The molecule has 20 heavy (non-hydrogen) atoms. The zero-order valence-corrected chi connectivity index (χ0v) is 12.3. The van der Waals surface area contributed by atoms with Gasteiger partial charge in [0.25, 0.3) is 15.9 Å². The molecule has 0 aliphatic carbocycles. The largest absolute Gasteiger partial charge is 0.268 e. The van der Waals surface area contributed by atoms with E-state index in [1.165, 1.54) is 30.3 Å². The number of benzene rings is 2. The van der Waals surface area contributed by atoms with Crippen LogP contribution in [-0.2, 0) is 10.0 Å². The Morgan fingerprint density at radius 3 is 2.05 bits per heavy atom. The van der Waals surface area contributed by atoms with Crippen LogP contribution in [-0.4, -0.2) is 14.3 Å². The lowest BCUT2D eigenvalue weighted by atomic mass is 10.2. The second-order valence-electron chi connectivity index (χ2n) is 3.84. The number of carbonyl (C=O) groups excluding carboxylic acids is 1. The van der Waals surface area contributed by atoms with Gasteiger partial charge >= 0.3 is 0 Å². The van der Waals surface area contributed by atoms with Crippen molar-refractivity contribution in [3.63, 3.8) is 0 Å². The number of hydrogen-bond acceptors (Lipinski definition) is 3. The number of rotatable bonds is 3. The van der Waals surface area contributed by atoms with Crippen molar-refractivity contribution in [2.45, 2.75) is 4.90 Å². The van der Waals surface area contributed by atoms with E-state index in [1.807, 2.05) is 4.72 Å². The zero-order chi connectivity index (χ0) is 14.8. The maximum Gasteiger partial charge on any atom is 0.266 e. The summed E-state index contributed by atoms with van der Waals surface area (Å²) in [6, 6.07) is 12.0. The Bertz CT molecular complexity index is 760. The first-order valence-corrected chi connectivity index (χ1v) is 7.72. The number of amides is 1. The molecule has 0 aromatic heterocycles. The Balaban J connectivity index is 2.33. The molecule has 0 radical (unpaired) electrons. The highest BCUT2D eigenvalue weighted by Gasteiger charge is 2.22. The van der Waals surface area contributed by atoms with Crippen LogP contribution in [0.25, 0.3) is 0 Å². The van der Waals surface area contributed by atoms with Crippen LogP contribution in [0.3, 0.4) is 0 Å². The normalized spacial score (nSPS) is 11.1. The second-order valence-corrected chi connectivity index (χ2v) is 6.31. The van der Waals surface area contributed by atoms with E-state index >= 15 is 0 Å². The molecule has 4 nitrogen and oxygen atoms in total. The molecule has 1 N–H and O–H groups in total. The van der Waals surface area contributed by atoms with Crippen molar-refractivity contribution in [2.24, 2.45) is 0 Å². The minimum absolute atomic E-state index is 0.0342. The third kappa shape index (κ3) is 3.12. The highest BCUT2D eigenvalue weighted by Crippen LogP contribution is 2.21. The van der Waals surface area contributed by atoms with Gasteiger partial charge in [0.05, 0.1) is 15.6 Å². The minimum Gasteiger partial charge on any atom is -0.268 e. The van der Waals surface area contributed by atoms with E-state index in [4.69, 9.17) is 23.2 Å². The number of halogens is 2. The first kappa shape index (κ1) is 14.8. The molecular weight excluding hydrogens is 321 g/mol. The van der Waals surface area contributed by atoms with Crippen LogP contribution in [0, 0.1) is 0 Å². The molecule has 2 aromatic rings. The molecule has 0 fully saturated rings. The maximum atomic E-state index is 12.1. The third-order valence-corrected chi connectivity index (χ3v) is 4.63. The standard InChI is InChI=1S/C13H9Cl2NO3S/c14-10-6-2-1-5-9(10)13(17)16-20(18,19)12-8-4-3-7-11(12)15/h1-8H,(H,16,17). The molecule has 7 heteroatoms. The average molecular weight is 330 g/mol. The Morgan fingerprint density at radius 1 is 0.900 bits per heavy atom. The first-order chi connectivity index (χ1) is 9.42. The van der Waals surface area contributed by atoms with Gasteiger partial charge in [0.1, 0.15) is 4.90 Å². The third-order valence-electron chi connectivity index (χ3n) is 2.47. The number of hydrogen-bond donors (Lipinski definition) is 1. The van der Waals surface area contributed by atoms with Gasteiger partial charge in [-0.25, -0.2) is 13.1 Å². The highest BCUT2D eigenvalue weighted by atomic mass is 35.5. The average Bonchev–Trinajstić information content (AvgIpc) is 2.38. The molecule has 2 rings (SSSR count). The highest BCUT2D eigenvalue weighted by molar-refractivity contribution is 7.90. The molecule has 0 saturated heterocycles. The van der Waals surface area contributed by atoms with Gasteiger partial charge in [-0.1, -0.05) is 47.5 Å². The summed E-state index contributed by atoms with van der Waals surface area (Å²) in [4.78, 5) is 11.8. The number of carbonyl (C=O) groups is 1. The van der Waals surface area contributed by atoms with E-state index in [0.717, 1.165) is 0 Å². The van der Waals surface area contributed by atoms with Crippen molar-refractivity contribution in [3.8, 4) is 0 Å². The van der Waals surface area contributed by atoms with E-state index in [-0.39, 0.29) is 20.5 Å². The van der Waals surface area contributed by atoms with Crippen LogP contribution in [0.1, 0.15) is 10.4 Å². The van der Waals surface area contributed by atoms with Gasteiger partial charge in [0.15, 0.2) is 0 Å². The van der Waals surface area contributed by atoms with Crippen LogP contribution in [0.4, 0.5) is 0 Å². The van der Waals surface area contributed by atoms with Crippen LogP contribution in [0.5, 0.6) is 0 Å². The molecule has 104 valence electrons. The Labute approximate surface area is 126 Å². The smallest absolute Gasteiger partial charge is 0.266 e. The Morgan fingerprint density at radius 2 is 1.45 bits per heavy atom. The van der Waals surface area contributed by atoms with E-state index in [0.29, 0.717) is 0 Å². The van der Waals surface area contributed by atoms with Crippen LogP contribution < -0.4 is 4.72 Å². The summed E-state index contributed by atoms with van der Waals surface area (Å²) in [6.07, 6.45) is 0. The summed E-state index contributed by atoms with van der Waals surface area (Å²) in [7, 11) is -4.05. The van der Waals surface area contributed by atoms with Gasteiger partial charge in [-0.2, -0.15) is 0 Å². The summed E-state index contributed by atoms with van der Waals surface area (Å²) < 4.78 is 26.1. The molecule has 0 bridgehead atoms. The molecule has 0 spiro atoms. The fraction of sp³-hybridized carbons (Fsp3) is 0. The lowest BCUT2D eigenvalue weighted by molar-refractivity contribution is 0.0981. The molecule has 0 aliphatic heterocycles. The summed E-state index contributed by atoms with van der Waals surface area (Å²) in [5.74, 6) is -0.810.